The van der Waals surface area contributed by atoms with Gasteiger partial charge in [0, 0.05) is 5.56 Å². The van der Waals surface area contributed by atoms with E-state index in [-0.39, 0.29) is 5.84 Å². The molecular formula is C12H15N5O. The minimum absolute atomic E-state index is 0.0533. The Hall–Kier alpha value is -2.37. The van der Waals surface area contributed by atoms with E-state index < -0.39 is 0 Å². The second-order valence-corrected chi connectivity index (χ2v) is 4.12. The summed E-state index contributed by atoms with van der Waals surface area (Å²) in [5, 5.41) is 16.2. The quantitative estimate of drug-likeness (QED) is 0.361. The number of benzene rings is 1. The van der Waals surface area contributed by atoms with E-state index in [1.165, 1.54) is 0 Å². The molecule has 0 bridgehead atoms. The SMILES string of the molecule is Cc1ccc(C(N)=NO)c(-n2nc(C)nc2C)c1. The number of hydrogen-bond acceptors (Lipinski definition) is 4. The number of oxime groups is 1. The van der Waals surface area contributed by atoms with Gasteiger partial charge in [0.2, 0.25) is 0 Å². The van der Waals surface area contributed by atoms with Crippen LogP contribution in [-0.2, 0) is 0 Å². The Morgan fingerprint density at radius 1 is 1.33 bits per heavy atom. The van der Waals surface area contributed by atoms with Crippen molar-refractivity contribution in [2.45, 2.75) is 20.8 Å². The van der Waals surface area contributed by atoms with Gasteiger partial charge in [0.05, 0.1) is 5.69 Å². The molecule has 1 aromatic heterocycles. The van der Waals surface area contributed by atoms with Gasteiger partial charge in [-0.1, -0.05) is 11.2 Å². The van der Waals surface area contributed by atoms with Crippen molar-refractivity contribution >= 4 is 5.84 Å². The maximum atomic E-state index is 8.82. The topological polar surface area (TPSA) is 89.3 Å². The van der Waals surface area contributed by atoms with Crippen LogP contribution < -0.4 is 5.73 Å². The van der Waals surface area contributed by atoms with Gasteiger partial charge in [-0.3, -0.25) is 0 Å². The van der Waals surface area contributed by atoms with Gasteiger partial charge >= 0.3 is 0 Å². The number of nitrogens with two attached hydrogens (primary N) is 1. The van der Waals surface area contributed by atoms with E-state index in [1.807, 2.05) is 32.9 Å². The average Bonchev–Trinajstić information content (AvgIpc) is 2.67. The summed E-state index contributed by atoms with van der Waals surface area (Å²) in [7, 11) is 0. The highest BCUT2D eigenvalue weighted by Gasteiger charge is 2.13. The highest BCUT2D eigenvalue weighted by atomic mass is 16.4. The van der Waals surface area contributed by atoms with E-state index >= 15 is 0 Å². The molecule has 0 saturated heterocycles. The van der Waals surface area contributed by atoms with Crippen molar-refractivity contribution in [3.8, 4) is 5.69 Å². The average molecular weight is 245 g/mol. The standard InChI is InChI=1S/C12H15N5O/c1-7-4-5-10(12(13)16-18)11(6-7)17-9(3)14-8(2)15-17/h4-6,18H,1-3H3,(H2,13,16). The van der Waals surface area contributed by atoms with Gasteiger partial charge in [0.15, 0.2) is 5.84 Å². The van der Waals surface area contributed by atoms with Crippen LogP contribution in [-0.4, -0.2) is 25.8 Å². The molecule has 1 heterocycles. The molecule has 0 aliphatic carbocycles. The lowest BCUT2D eigenvalue weighted by Gasteiger charge is -2.10. The summed E-state index contributed by atoms with van der Waals surface area (Å²) in [6, 6.07) is 5.63. The third-order valence-corrected chi connectivity index (χ3v) is 2.64. The zero-order valence-corrected chi connectivity index (χ0v) is 10.5. The smallest absolute Gasteiger partial charge is 0.172 e. The Labute approximate surface area is 105 Å². The maximum Gasteiger partial charge on any atom is 0.172 e. The van der Waals surface area contributed by atoms with Crippen LogP contribution in [0.4, 0.5) is 0 Å². The number of hydrogen-bond donors (Lipinski definition) is 2. The van der Waals surface area contributed by atoms with Gasteiger partial charge in [-0.05, 0) is 38.5 Å². The van der Waals surface area contributed by atoms with Gasteiger partial charge in [0.1, 0.15) is 11.6 Å². The summed E-state index contributed by atoms with van der Waals surface area (Å²) < 4.78 is 1.69. The molecule has 0 aliphatic heterocycles. The lowest BCUT2D eigenvalue weighted by atomic mass is 10.1. The third-order valence-electron chi connectivity index (χ3n) is 2.64. The van der Waals surface area contributed by atoms with Crippen molar-refractivity contribution in [2.24, 2.45) is 10.9 Å². The van der Waals surface area contributed by atoms with Crippen LogP contribution in [0.3, 0.4) is 0 Å². The van der Waals surface area contributed by atoms with E-state index in [0.717, 1.165) is 17.1 Å². The number of amidine groups is 1. The highest BCUT2D eigenvalue weighted by Crippen LogP contribution is 2.17. The van der Waals surface area contributed by atoms with Gasteiger partial charge < -0.3 is 10.9 Å². The predicted octanol–water partition coefficient (Wildman–Crippen LogP) is 1.29. The zero-order valence-electron chi connectivity index (χ0n) is 10.5. The molecule has 0 radical (unpaired) electrons. The molecule has 94 valence electrons. The Bertz CT molecular complexity index is 615. The number of aryl methyl sites for hydroxylation is 3. The number of nitrogens with zero attached hydrogens (tertiary/aromatic N) is 4. The Morgan fingerprint density at radius 3 is 2.61 bits per heavy atom. The maximum absolute atomic E-state index is 8.82. The van der Waals surface area contributed by atoms with Crippen LogP contribution in [0.15, 0.2) is 23.4 Å². The summed E-state index contributed by atoms with van der Waals surface area (Å²) in [5.74, 6) is 1.49. The van der Waals surface area contributed by atoms with Crippen molar-refractivity contribution < 1.29 is 5.21 Å². The van der Waals surface area contributed by atoms with Crippen molar-refractivity contribution in [2.75, 3.05) is 0 Å². The Morgan fingerprint density at radius 2 is 2.06 bits per heavy atom. The molecule has 2 rings (SSSR count). The molecule has 0 atom stereocenters. The van der Waals surface area contributed by atoms with Crippen LogP contribution in [0.5, 0.6) is 0 Å². The molecule has 6 nitrogen and oxygen atoms in total. The van der Waals surface area contributed by atoms with Crippen molar-refractivity contribution in [3.63, 3.8) is 0 Å². The first-order valence-corrected chi connectivity index (χ1v) is 5.52. The van der Waals surface area contributed by atoms with Gasteiger partial charge in [-0.15, -0.1) is 0 Å². The van der Waals surface area contributed by atoms with Gasteiger partial charge in [-0.25, -0.2) is 9.67 Å². The van der Waals surface area contributed by atoms with Crippen LogP contribution in [0.1, 0.15) is 22.8 Å². The van der Waals surface area contributed by atoms with Crippen LogP contribution in [0, 0.1) is 20.8 Å². The molecule has 0 amide bonds. The number of rotatable bonds is 2. The normalized spacial score (nSPS) is 11.8. The molecule has 6 heteroatoms. The van der Waals surface area contributed by atoms with E-state index in [0.29, 0.717) is 11.4 Å². The molecule has 0 saturated carbocycles. The fourth-order valence-corrected chi connectivity index (χ4v) is 1.84. The fourth-order valence-electron chi connectivity index (χ4n) is 1.84. The molecular weight excluding hydrogens is 230 g/mol. The predicted molar refractivity (Wildman–Crippen MR) is 68.1 cm³/mol. The fraction of sp³-hybridized carbons (Fsp3) is 0.250. The minimum atomic E-state index is 0.0533. The molecule has 0 aliphatic rings. The highest BCUT2D eigenvalue weighted by molar-refractivity contribution is 6.00. The number of aromatic nitrogens is 3. The van der Waals surface area contributed by atoms with E-state index in [4.69, 9.17) is 10.9 Å². The molecule has 2 aromatic rings. The van der Waals surface area contributed by atoms with E-state index in [9.17, 15) is 0 Å². The van der Waals surface area contributed by atoms with Gasteiger partial charge in [0.25, 0.3) is 0 Å². The Kier molecular flexibility index (Phi) is 3.01. The summed E-state index contributed by atoms with van der Waals surface area (Å²) in [6.45, 7) is 5.65. The summed E-state index contributed by atoms with van der Waals surface area (Å²) in [4.78, 5) is 4.25. The monoisotopic (exact) mass is 245 g/mol. The van der Waals surface area contributed by atoms with Crippen molar-refractivity contribution in [1.82, 2.24) is 14.8 Å². The largest absolute Gasteiger partial charge is 0.409 e. The molecule has 3 N–H and O–H groups in total. The first-order chi connectivity index (χ1) is 8.52. The lowest BCUT2D eigenvalue weighted by molar-refractivity contribution is 0.318. The first-order valence-electron chi connectivity index (χ1n) is 5.52. The second kappa shape index (κ2) is 4.48. The van der Waals surface area contributed by atoms with Crippen LogP contribution in [0.25, 0.3) is 5.69 Å². The van der Waals surface area contributed by atoms with Crippen LogP contribution >= 0.6 is 0 Å². The molecule has 0 unspecified atom stereocenters. The molecule has 1 aromatic carbocycles. The summed E-state index contributed by atoms with van der Waals surface area (Å²) in [5.41, 5.74) is 8.11. The van der Waals surface area contributed by atoms with Gasteiger partial charge in [-0.2, -0.15) is 5.10 Å². The second-order valence-electron chi connectivity index (χ2n) is 4.12. The van der Waals surface area contributed by atoms with Crippen molar-refractivity contribution in [1.29, 1.82) is 0 Å². The molecule has 18 heavy (non-hydrogen) atoms. The lowest BCUT2D eigenvalue weighted by Crippen LogP contribution is -2.17. The van der Waals surface area contributed by atoms with E-state index in [2.05, 4.69) is 15.2 Å². The van der Waals surface area contributed by atoms with Crippen molar-refractivity contribution in [3.05, 3.63) is 41.0 Å². The Balaban J connectivity index is 2.69. The summed E-state index contributed by atoms with van der Waals surface area (Å²) in [6.07, 6.45) is 0. The minimum Gasteiger partial charge on any atom is -0.409 e. The zero-order chi connectivity index (χ0) is 13.3. The molecule has 0 fully saturated rings. The third kappa shape index (κ3) is 2.04. The summed E-state index contributed by atoms with van der Waals surface area (Å²) >= 11 is 0. The molecule has 0 spiro atoms. The van der Waals surface area contributed by atoms with E-state index in [1.54, 1.807) is 10.7 Å². The first kappa shape index (κ1) is 12.1. The van der Waals surface area contributed by atoms with Crippen LogP contribution in [0.2, 0.25) is 0 Å².